The molecule has 3 amide bonds. The Morgan fingerprint density at radius 1 is 0.968 bits per heavy atom. The van der Waals surface area contributed by atoms with Crippen molar-refractivity contribution in [3.05, 3.63) is 96.1 Å². The average molecular weight is 654 g/mol. The number of nitrogens with one attached hydrogen (secondary N) is 1. The van der Waals surface area contributed by atoms with Crippen molar-refractivity contribution in [2.24, 2.45) is 0 Å². The minimum atomic E-state index is -0.474. The van der Waals surface area contributed by atoms with E-state index in [-0.39, 0.29) is 5.70 Å². The summed E-state index contributed by atoms with van der Waals surface area (Å²) in [5.41, 5.74) is 2.53. The van der Waals surface area contributed by atoms with Gasteiger partial charge in [-0.1, -0.05) is 30.3 Å². The molecule has 0 unspecified atom stereocenters. The molecule has 5 nitrogen and oxygen atoms in total. The van der Waals surface area contributed by atoms with E-state index in [4.69, 9.17) is 4.74 Å². The van der Waals surface area contributed by atoms with Crippen LogP contribution in [0.1, 0.15) is 11.1 Å². The van der Waals surface area contributed by atoms with Crippen LogP contribution in [-0.2, 0) is 11.4 Å². The van der Waals surface area contributed by atoms with Crippen molar-refractivity contribution in [2.45, 2.75) is 6.61 Å². The third-order valence-corrected chi connectivity index (χ3v) is 6.42. The molecule has 1 saturated heterocycles. The SMILES string of the molecule is O=C1N/C(=C/c2cc(Br)c(OCc3ccc(I)cc3)c(Br)c2)C(=O)N1c1ccccc1. The molecule has 1 heterocycles. The van der Waals surface area contributed by atoms with Gasteiger partial charge in [0.05, 0.1) is 14.6 Å². The van der Waals surface area contributed by atoms with Crippen molar-refractivity contribution in [1.82, 2.24) is 5.32 Å². The molecule has 1 fully saturated rings. The van der Waals surface area contributed by atoms with Crippen LogP contribution in [0, 0.1) is 3.57 Å². The van der Waals surface area contributed by atoms with Gasteiger partial charge in [-0.25, -0.2) is 9.69 Å². The lowest BCUT2D eigenvalue weighted by atomic mass is 10.1. The van der Waals surface area contributed by atoms with Crippen LogP contribution >= 0.6 is 54.5 Å². The van der Waals surface area contributed by atoms with Gasteiger partial charge < -0.3 is 10.1 Å². The van der Waals surface area contributed by atoms with Gasteiger partial charge in [-0.15, -0.1) is 0 Å². The fourth-order valence-corrected chi connectivity index (χ4v) is 4.86. The van der Waals surface area contributed by atoms with Crippen molar-refractivity contribution >= 4 is 78.2 Å². The van der Waals surface area contributed by atoms with Gasteiger partial charge in [-0.3, -0.25) is 4.79 Å². The molecule has 8 heteroatoms. The van der Waals surface area contributed by atoms with Gasteiger partial charge in [0.25, 0.3) is 5.91 Å². The van der Waals surface area contributed by atoms with Crippen LogP contribution in [0.3, 0.4) is 0 Å². The minimum Gasteiger partial charge on any atom is -0.487 e. The number of imide groups is 1. The Labute approximate surface area is 209 Å². The zero-order valence-electron chi connectivity index (χ0n) is 15.9. The Morgan fingerprint density at radius 3 is 2.26 bits per heavy atom. The van der Waals surface area contributed by atoms with Crippen molar-refractivity contribution < 1.29 is 14.3 Å². The molecule has 3 aromatic rings. The first-order valence-corrected chi connectivity index (χ1v) is 11.9. The summed E-state index contributed by atoms with van der Waals surface area (Å²) in [5.74, 6) is 0.260. The highest BCUT2D eigenvalue weighted by Gasteiger charge is 2.34. The van der Waals surface area contributed by atoms with E-state index in [9.17, 15) is 9.59 Å². The summed E-state index contributed by atoms with van der Waals surface area (Å²) in [7, 11) is 0. The Kier molecular flexibility index (Phi) is 6.78. The maximum Gasteiger partial charge on any atom is 0.333 e. The quantitative estimate of drug-likeness (QED) is 0.195. The lowest BCUT2D eigenvalue weighted by Gasteiger charge is -2.12. The van der Waals surface area contributed by atoms with Gasteiger partial charge in [-0.05, 0) is 108 Å². The molecule has 0 aromatic heterocycles. The summed E-state index contributed by atoms with van der Waals surface area (Å²) < 4.78 is 8.60. The molecule has 0 aliphatic carbocycles. The number of hydrogen-bond acceptors (Lipinski definition) is 3. The molecule has 0 bridgehead atoms. The second kappa shape index (κ2) is 9.54. The smallest absolute Gasteiger partial charge is 0.333 e. The van der Waals surface area contributed by atoms with Crippen LogP contribution in [0.5, 0.6) is 5.75 Å². The topological polar surface area (TPSA) is 58.6 Å². The fraction of sp³-hybridized carbons (Fsp3) is 0.0435. The van der Waals surface area contributed by atoms with Crippen LogP contribution in [0.25, 0.3) is 6.08 Å². The van der Waals surface area contributed by atoms with E-state index in [2.05, 4.69) is 59.8 Å². The predicted octanol–water partition coefficient (Wildman–Crippen LogP) is 6.49. The van der Waals surface area contributed by atoms with E-state index in [1.54, 1.807) is 30.3 Å². The second-order valence-electron chi connectivity index (χ2n) is 6.69. The van der Waals surface area contributed by atoms with Crippen LogP contribution in [0.15, 0.2) is 81.4 Å². The molecule has 0 atom stereocenters. The van der Waals surface area contributed by atoms with Crippen molar-refractivity contribution in [1.29, 1.82) is 0 Å². The second-order valence-corrected chi connectivity index (χ2v) is 9.65. The zero-order chi connectivity index (χ0) is 22.0. The largest absolute Gasteiger partial charge is 0.487 e. The van der Waals surface area contributed by atoms with E-state index >= 15 is 0 Å². The Bertz CT molecular complexity index is 1160. The number of para-hydroxylation sites is 1. The first-order chi connectivity index (χ1) is 14.9. The highest BCUT2D eigenvalue weighted by atomic mass is 127. The zero-order valence-corrected chi connectivity index (χ0v) is 21.3. The summed E-state index contributed by atoms with van der Waals surface area (Å²) in [5, 5.41) is 2.64. The predicted molar refractivity (Wildman–Crippen MR) is 136 cm³/mol. The maximum absolute atomic E-state index is 12.8. The fourth-order valence-electron chi connectivity index (χ4n) is 3.05. The van der Waals surface area contributed by atoms with Crippen molar-refractivity contribution in [3.63, 3.8) is 0 Å². The van der Waals surface area contributed by atoms with Crippen molar-refractivity contribution in [3.8, 4) is 5.75 Å². The van der Waals surface area contributed by atoms with Gasteiger partial charge in [0.2, 0.25) is 0 Å². The third kappa shape index (κ3) is 5.02. The first kappa shape index (κ1) is 22.0. The normalized spacial score (nSPS) is 14.8. The number of benzene rings is 3. The summed E-state index contributed by atoms with van der Waals surface area (Å²) >= 11 is 9.34. The van der Waals surface area contributed by atoms with E-state index in [1.165, 1.54) is 3.57 Å². The van der Waals surface area contributed by atoms with Crippen molar-refractivity contribution in [2.75, 3.05) is 4.90 Å². The number of halogens is 3. The number of carbonyl (C=O) groups excluding carboxylic acids is 2. The third-order valence-electron chi connectivity index (χ3n) is 4.52. The summed E-state index contributed by atoms with van der Waals surface area (Å²) in [6.07, 6.45) is 1.64. The number of anilines is 1. The number of nitrogens with zero attached hydrogens (tertiary/aromatic N) is 1. The number of hydrogen-bond donors (Lipinski definition) is 1. The van der Waals surface area contributed by atoms with E-state index in [1.807, 2.05) is 42.5 Å². The van der Waals surface area contributed by atoms with Crippen LogP contribution in [0.4, 0.5) is 10.5 Å². The van der Waals surface area contributed by atoms with Gasteiger partial charge in [0, 0.05) is 3.57 Å². The van der Waals surface area contributed by atoms with Gasteiger partial charge in [0.15, 0.2) is 0 Å². The number of rotatable bonds is 5. The molecule has 156 valence electrons. The summed E-state index contributed by atoms with van der Waals surface area (Å²) in [6, 6.07) is 20.1. The molecule has 1 N–H and O–H groups in total. The number of carbonyl (C=O) groups is 2. The molecule has 0 saturated carbocycles. The Morgan fingerprint density at radius 2 is 1.61 bits per heavy atom. The molecule has 1 aliphatic heterocycles. The lowest BCUT2D eigenvalue weighted by molar-refractivity contribution is -0.113. The van der Waals surface area contributed by atoms with Crippen LogP contribution in [0.2, 0.25) is 0 Å². The van der Waals surface area contributed by atoms with E-state index in [0.29, 0.717) is 18.0 Å². The maximum atomic E-state index is 12.8. The molecule has 3 aromatic carbocycles. The molecular formula is C23H15Br2IN2O3. The monoisotopic (exact) mass is 652 g/mol. The summed E-state index contributed by atoms with van der Waals surface area (Å²) in [4.78, 5) is 26.2. The van der Waals surface area contributed by atoms with E-state index < -0.39 is 11.9 Å². The average Bonchev–Trinajstić information content (AvgIpc) is 3.02. The molecule has 0 radical (unpaired) electrons. The highest BCUT2D eigenvalue weighted by Crippen LogP contribution is 2.36. The molecule has 4 rings (SSSR count). The van der Waals surface area contributed by atoms with E-state index in [0.717, 1.165) is 25.0 Å². The minimum absolute atomic E-state index is 0.209. The molecule has 1 aliphatic rings. The number of urea groups is 1. The Hall–Kier alpha value is -2.17. The number of amides is 3. The summed E-state index contributed by atoms with van der Waals surface area (Å²) in [6.45, 7) is 0.426. The number of ether oxygens (including phenoxy) is 1. The first-order valence-electron chi connectivity index (χ1n) is 9.21. The van der Waals surface area contributed by atoms with Gasteiger partial charge in [-0.2, -0.15) is 0 Å². The van der Waals surface area contributed by atoms with Gasteiger partial charge >= 0.3 is 6.03 Å². The molecule has 0 spiro atoms. The van der Waals surface area contributed by atoms with Crippen LogP contribution < -0.4 is 15.0 Å². The molecule has 31 heavy (non-hydrogen) atoms. The lowest BCUT2D eigenvalue weighted by Crippen LogP contribution is -2.30. The molecular weight excluding hydrogens is 639 g/mol. The Balaban J connectivity index is 1.54. The standard InChI is InChI=1S/C23H15Br2IN2O3/c24-18-10-15(11-19(25)21(18)31-13-14-6-8-16(26)9-7-14)12-20-22(29)28(23(30)27-20)17-4-2-1-3-5-17/h1-12H,13H2,(H,27,30)/b20-12+. The van der Waals surface area contributed by atoms with Gasteiger partial charge in [0.1, 0.15) is 18.1 Å². The highest BCUT2D eigenvalue weighted by molar-refractivity contribution is 14.1. The van der Waals surface area contributed by atoms with Crippen LogP contribution in [-0.4, -0.2) is 11.9 Å².